The van der Waals surface area contributed by atoms with Crippen LogP contribution in [0.2, 0.25) is 0 Å². The molecule has 1 aromatic rings. The molecular weight excluding hydrogens is 318 g/mol. The number of ether oxygens (including phenoxy) is 1. The summed E-state index contributed by atoms with van der Waals surface area (Å²) in [4.78, 5) is 2.37. The molecular formula is C16H24BrNO2. The van der Waals surface area contributed by atoms with Crippen LogP contribution in [-0.2, 0) is 4.74 Å². The quantitative estimate of drug-likeness (QED) is 0.881. The molecule has 1 unspecified atom stereocenters. The number of hydrogen-bond donors (Lipinski definition) is 1. The Bertz CT molecular complexity index is 436. The van der Waals surface area contributed by atoms with Crippen molar-refractivity contribution in [2.24, 2.45) is 0 Å². The zero-order valence-corrected chi connectivity index (χ0v) is 13.9. The lowest BCUT2D eigenvalue weighted by Gasteiger charge is -2.35. The molecule has 0 radical (unpaired) electrons. The van der Waals surface area contributed by atoms with E-state index in [1.54, 1.807) is 6.92 Å². The monoisotopic (exact) mass is 341 g/mol. The van der Waals surface area contributed by atoms with Crippen LogP contribution in [0.25, 0.3) is 0 Å². The van der Waals surface area contributed by atoms with E-state index in [0.717, 1.165) is 42.6 Å². The predicted octanol–water partition coefficient (Wildman–Crippen LogP) is 3.90. The third kappa shape index (κ3) is 3.96. The van der Waals surface area contributed by atoms with Crippen LogP contribution in [0.15, 0.2) is 22.7 Å². The van der Waals surface area contributed by atoms with Crippen molar-refractivity contribution in [1.29, 1.82) is 0 Å². The minimum atomic E-state index is -0.428. The minimum Gasteiger partial charge on any atom is -0.389 e. The zero-order chi connectivity index (χ0) is 14.5. The molecule has 0 spiro atoms. The lowest BCUT2D eigenvalue weighted by Crippen LogP contribution is -2.40. The molecule has 0 aliphatic carbocycles. The molecule has 1 saturated heterocycles. The fraction of sp³-hybridized carbons (Fsp3) is 0.625. The molecule has 1 aromatic carbocycles. The highest BCUT2D eigenvalue weighted by atomic mass is 79.9. The van der Waals surface area contributed by atoms with Crippen LogP contribution in [0.4, 0.5) is 5.69 Å². The topological polar surface area (TPSA) is 32.7 Å². The van der Waals surface area contributed by atoms with Crippen molar-refractivity contribution >= 4 is 21.6 Å². The Morgan fingerprint density at radius 1 is 1.50 bits per heavy atom. The Morgan fingerprint density at radius 2 is 2.30 bits per heavy atom. The highest BCUT2D eigenvalue weighted by Gasteiger charge is 2.22. The average Bonchev–Trinajstić information content (AvgIpc) is 2.45. The summed E-state index contributed by atoms with van der Waals surface area (Å²) in [6.07, 6.45) is 3.30. The zero-order valence-electron chi connectivity index (χ0n) is 12.3. The molecule has 0 saturated carbocycles. The number of piperidine rings is 1. The van der Waals surface area contributed by atoms with Gasteiger partial charge in [-0.05, 0) is 59.8 Å². The summed E-state index contributed by atoms with van der Waals surface area (Å²) in [5, 5.41) is 9.63. The van der Waals surface area contributed by atoms with Gasteiger partial charge in [-0.1, -0.05) is 13.0 Å². The second-order valence-electron chi connectivity index (χ2n) is 5.47. The summed E-state index contributed by atoms with van der Waals surface area (Å²) in [5.74, 6) is 0. The number of hydrogen-bond acceptors (Lipinski definition) is 3. The third-order valence-corrected chi connectivity index (χ3v) is 4.37. The van der Waals surface area contributed by atoms with Crippen molar-refractivity contribution in [2.75, 3.05) is 24.6 Å². The van der Waals surface area contributed by atoms with E-state index in [1.165, 1.54) is 12.1 Å². The summed E-state index contributed by atoms with van der Waals surface area (Å²) in [6, 6.07) is 6.10. The second kappa shape index (κ2) is 7.43. The SMILES string of the molecule is CCCOC1CCCN(c2ccc([C@@H](C)O)cc2Br)C1. The number of benzene rings is 1. The van der Waals surface area contributed by atoms with Gasteiger partial charge in [0.05, 0.1) is 17.9 Å². The van der Waals surface area contributed by atoms with Crippen LogP contribution >= 0.6 is 15.9 Å². The van der Waals surface area contributed by atoms with Crippen LogP contribution in [0.5, 0.6) is 0 Å². The Hall–Kier alpha value is -0.580. The molecule has 2 rings (SSSR count). The molecule has 20 heavy (non-hydrogen) atoms. The van der Waals surface area contributed by atoms with Gasteiger partial charge in [-0.2, -0.15) is 0 Å². The van der Waals surface area contributed by atoms with Gasteiger partial charge < -0.3 is 14.7 Å². The number of nitrogens with zero attached hydrogens (tertiary/aromatic N) is 1. The standard InChI is InChI=1S/C16H24BrNO2/c1-3-9-20-14-5-4-8-18(11-14)16-7-6-13(12(2)19)10-15(16)17/h6-7,10,12,14,19H,3-5,8-9,11H2,1-2H3/t12-,14?/m1/s1. The molecule has 0 amide bonds. The fourth-order valence-electron chi connectivity index (χ4n) is 2.62. The lowest BCUT2D eigenvalue weighted by molar-refractivity contribution is 0.0440. The van der Waals surface area contributed by atoms with Crippen LogP contribution in [0.1, 0.15) is 44.8 Å². The Balaban J connectivity index is 2.06. The minimum absolute atomic E-state index is 0.340. The van der Waals surface area contributed by atoms with Gasteiger partial charge in [-0.25, -0.2) is 0 Å². The van der Waals surface area contributed by atoms with Gasteiger partial charge in [0, 0.05) is 24.2 Å². The molecule has 1 aliphatic rings. The first-order valence-corrected chi connectivity index (χ1v) is 8.25. The van der Waals surface area contributed by atoms with E-state index in [4.69, 9.17) is 4.74 Å². The molecule has 0 aromatic heterocycles. The Kier molecular flexibility index (Phi) is 5.87. The van der Waals surface area contributed by atoms with Gasteiger partial charge in [0.2, 0.25) is 0 Å². The number of rotatable bonds is 5. The molecule has 1 N–H and O–H groups in total. The highest BCUT2D eigenvalue weighted by molar-refractivity contribution is 9.10. The molecule has 2 atom stereocenters. The molecule has 1 heterocycles. The van der Waals surface area contributed by atoms with E-state index >= 15 is 0 Å². The van der Waals surface area contributed by atoms with Crippen molar-refractivity contribution in [1.82, 2.24) is 0 Å². The first kappa shape index (κ1) is 15.8. The molecule has 4 heteroatoms. The Morgan fingerprint density at radius 3 is 2.95 bits per heavy atom. The van der Waals surface area contributed by atoms with Gasteiger partial charge in [0.1, 0.15) is 0 Å². The fourth-order valence-corrected chi connectivity index (χ4v) is 3.26. The van der Waals surface area contributed by atoms with Gasteiger partial charge in [0.25, 0.3) is 0 Å². The number of anilines is 1. The number of halogens is 1. The lowest BCUT2D eigenvalue weighted by atomic mass is 10.1. The Labute approximate surface area is 130 Å². The van der Waals surface area contributed by atoms with Gasteiger partial charge in [-0.3, -0.25) is 0 Å². The highest BCUT2D eigenvalue weighted by Crippen LogP contribution is 2.31. The van der Waals surface area contributed by atoms with Crippen molar-refractivity contribution < 1.29 is 9.84 Å². The van der Waals surface area contributed by atoms with Crippen LogP contribution < -0.4 is 4.90 Å². The van der Waals surface area contributed by atoms with Crippen molar-refractivity contribution in [3.63, 3.8) is 0 Å². The van der Waals surface area contributed by atoms with E-state index in [9.17, 15) is 5.11 Å². The number of aliphatic hydroxyl groups is 1. The first-order chi connectivity index (χ1) is 9.61. The molecule has 0 bridgehead atoms. The largest absolute Gasteiger partial charge is 0.389 e. The average molecular weight is 342 g/mol. The predicted molar refractivity (Wildman–Crippen MR) is 86.3 cm³/mol. The summed E-state index contributed by atoms with van der Waals surface area (Å²) >= 11 is 3.63. The van der Waals surface area contributed by atoms with Gasteiger partial charge >= 0.3 is 0 Å². The van der Waals surface area contributed by atoms with Gasteiger partial charge in [-0.15, -0.1) is 0 Å². The van der Waals surface area contributed by atoms with E-state index in [2.05, 4.69) is 33.8 Å². The number of aliphatic hydroxyl groups excluding tert-OH is 1. The molecule has 1 aliphatic heterocycles. The van der Waals surface area contributed by atoms with E-state index < -0.39 is 6.10 Å². The van der Waals surface area contributed by atoms with Crippen LogP contribution in [-0.4, -0.2) is 30.9 Å². The summed E-state index contributed by atoms with van der Waals surface area (Å²) in [6.45, 7) is 6.80. The second-order valence-corrected chi connectivity index (χ2v) is 6.32. The normalized spacial score (nSPS) is 21.0. The molecule has 3 nitrogen and oxygen atoms in total. The summed E-state index contributed by atoms with van der Waals surface area (Å²) in [7, 11) is 0. The van der Waals surface area contributed by atoms with E-state index in [-0.39, 0.29) is 0 Å². The van der Waals surface area contributed by atoms with Crippen molar-refractivity contribution in [3.8, 4) is 0 Å². The maximum atomic E-state index is 9.63. The van der Waals surface area contributed by atoms with E-state index in [1.807, 2.05) is 12.1 Å². The van der Waals surface area contributed by atoms with Crippen LogP contribution in [0, 0.1) is 0 Å². The summed E-state index contributed by atoms with van der Waals surface area (Å²) in [5.41, 5.74) is 2.13. The van der Waals surface area contributed by atoms with Crippen molar-refractivity contribution in [3.05, 3.63) is 28.2 Å². The van der Waals surface area contributed by atoms with E-state index in [0.29, 0.717) is 6.10 Å². The summed E-state index contributed by atoms with van der Waals surface area (Å²) < 4.78 is 6.94. The third-order valence-electron chi connectivity index (χ3n) is 3.73. The molecule has 1 fully saturated rings. The van der Waals surface area contributed by atoms with Crippen molar-refractivity contribution in [2.45, 2.75) is 45.3 Å². The molecule has 112 valence electrons. The maximum Gasteiger partial charge on any atom is 0.0762 e. The van der Waals surface area contributed by atoms with Crippen LogP contribution in [0.3, 0.4) is 0 Å². The smallest absolute Gasteiger partial charge is 0.0762 e. The first-order valence-electron chi connectivity index (χ1n) is 7.46. The maximum absolute atomic E-state index is 9.63. The van der Waals surface area contributed by atoms with Gasteiger partial charge in [0.15, 0.2) is 0 Å².